The van der Waals surface area contributed by atoms with Crippen molar-refractivity contribution in [3.05, 3.63) is 28.7 Å². The third kappa shape index (κ3) is 2.23. The Morgan fingerprint density at radius 1 is 1.45 bits per heavy atom. The quantitative estimate of drug-likeness (QED) is 0.856. The molecule has 0 amide bonds. The zero-order valence-corrected chi connectivity index (χ0v) is 13.6. The average molecular weight is 337 g/mol. The second kappa shape index (κ2) is 5.04. The number of nitrogens with two attached hydrogens (primary N) is 1. The second-order valence-corrected chi connectivity index (χ2v) is 6.91. The molecule has 1 aromatic carbocycles. The van der Waals surface area contributed by atoms with E-state index in [1.54, 1.807) is 0 Å². The highest BCUT2D eigenvalue weighted by atomic mass is 79.9. The van der Waals surface area contributed by atoms with Crippen molar-refractivity contribution in [1.82, 2.24) is 4.90 Å². The molecule has 0 radical (unpaired) electrons. The molecule has 2 N–H and O–H groups in total. The summed E-state index contributed by atoms with van der Waals surface area (Å²) in [5, 5.41) is 0. The highest BCUT2D eigenvalue weighted by molar-refractivity contribution is 9.10. The molecular weight excluding hydrogens is 316 g/mol. The van der Waals surface area contributed by atoms with Crippen LogP contribution in [0.15, 0.2) is 33.7 Å². The lowest BCUT2D eigenvalue weighted by Crippen LogP contribution is -2.59. The van der Waals surface area contributed by atoms with Crippen LogP contribution in [-0.2, 0) is 0 Å². The molecular formula is C15H21BrN4. The molecule has 2 aliphatic rings. The summed E-state index contributed by atoms with van der Waals surface area (Å²) in [5.41, 5.74) is 7.38. The smallest absolute Gasteiger partial charge is 0.196 e. The zero-order valence-electron chi connectivity index (χ0n) is 12.0. The molecule has 2 unspecified atom stereocenters. The molecule has 2 aliphatic heterocycles. The molecule has 0 saturated carbocycles. The molecule has 1 aromatic rings. The Kier molecular flexibility index (Phi) is 3.50. The van der Waals surface area contributed by atoms with Gasteiger partial charge in [0.1, 0.15) is 0 Å². The number of halogens is 1. The van der Waals surface area contributed by atoms with Crippen LogP contribution in [0.1, 0.15) is 19.8 Å². The number of hydrogen-bond donors (Lipinski definition) is 1. The summed E-state index contributed by atoms with van der Waals surface area (Å²) in [5.74, 6) is 0.653. The van der Waals surface area contributed by atoms with Gasteiger partial charge in [0.05, 0.1) is 12.1 Å². The number of anilines is 1. The maximum atomic E-state index is 6.19. The molecule has 1 saturated heterocycles. The molecule has 0 bridgehead atoms. The molecule has 108 valence electrons. The van der Waals surface area contributed by atoms with Gasteiger partial charge in [-0.15, -0.1) is 0 Å². The highest BCUT2D eigenvalue weighted by Gasteiger charge is 2.46. The van der Waals surface area contributed by atoms with E-state index in [9.17, 15) is 0 Å². The second-order valence-electron chi connectivity index (χ2n) is 6.00. The first kappa shape index (κ1) is 13.9. The normalized spacial score (nSPS) is 30.9. The molecule has 3 rings (SSSR count). The minimum absolute atomic E-state index is 0.0524. The van der Waals surface area contributed by atoms with Crippen LogP contribution in [0, 0.1) is 0 Å². The van der Waals surface area contributed by atoms with Gasteiger partial charge < -0.3 is 15.5 Å². The van der Waals surface area contributed by atoms with Crippen molar-refractivity contribution in [2.24, 2.45) is 10.7 Å². The fraction of sp³-hybridized carbons (Fsp3) is 0.533. The van der Waals surface area contributed by atoms with Gasteiger partial charge in [0.2, 0.25) is 0 Å². The van der Waals surface area contributed by atoms with Crippen molar-refractivity contribution in [1.29, 1.82) is 0 Å². The molecule has 1 fully saturated rings. The topological polar surface area (TPSA) is 44.9 Å². The number of aliphatic imine (C=N–C) groups is 1. The van der Waals surface area contributed by atoms with E-state index in [-0.39, 0.29) is 5.54 Å². The standard InChI is InChI=1S/C15H21BrN4/c1-11-9-15(6-7-19(11)2)10-18-14(17)20(15)13-5-3-4-12(16)8-13/h3-5,8,11H,6-7,9-10H2,1-2H3,(H2,17,18). The van der Waals surface area contributed by atoms with Gasteiger partial charge >= 0.3 is 0 Å². The fourth-order valence-electron chi connectivity index (χ4n) is 3.39. The third-order valence-corrected chi connectivity index (χ3v) is 5.16. The van der Waals surface area contributed by atoms with E-state index in [2.05, 4.69) is 62.9 Å². The molecule has 0 aliphatic carbocycles. The zero-order chi connectivity index (χ0) is 14.3. The number of likely N-dealkylation sites (tertiary alicyclic amines) is 1. The Morgan fingerprint density at radius 3 is 2.95 bits per heavy atom. The van der Waals surface area contributed by atoms with Gasteiger partial charge in [0, 0.05) is 22.7 Å². The summed E-state index contributed by atoms with van der Waals surface area (Å²) in [6, 6.07) is 8.88. The van der Waals surface area contributed by atoms with E-state index in [1.165, 1.54) is 0 Å². The highest BCUT2D eigenvalue weighted by Crippen LogP contribution is 2.39. The summed E-state index contributed by atoms with van der Waals surface area (Å²) in [4.78, 5) is 9.21. The van der Waals surface area contributed by atoms with Gasteiger partial charge in [-0.3, -0.25) is 4.99 Å². The van der Waals surface area contributed by atoms with Crippen LogP contribution in [0.2, 0.25) is 0 Å². The predicted molar refractivity (Wildman–Crippen MR) is 87.2 cm³/mol. The van der Waals surface area contributed by atoms with Crippen molar-refractivity contribution in [2.75, 3.05) is 25.0 Å². The Bertz CT molecular complexity index is 544. The van der Waals surface area contributed by atoms with Crippen LogP contribution in [0.3, 0.4) is 0 Å². The van der Waals surface area contributed by atoms with Crippen LogP contribution >= 0.6 is 15.9 Å². The first-order valence-corrected chi connectivity index (χ1v) is 7.87. The van der Waals surface area contributed by atoms with Crippen LogP contribution in [0.5, 0.6) is 0 Å². The Hall–Kier alpha value is -1.07. The van der Waals surface area contributed by atoms with Crippen molar-refractivity contribution < 1.29 is 0 Å². The van der Waals surface area contributed by atoms with E-state index in [0.29, 0.717) is 12.0 Å². The molecule has 4 nitrogen and oxygen atoms in total. The SMILES string of the molecule is CC1CC2(CCN1C)CN=C(N)N2c1cccc(Br)c1. The van der Waals surface area contributed by atoms with E-state index < -0.39 is 0 Å². The number of rotatable bonds is 1. The van der Waals surface area contributed by atoms with Gasteiger partial charge in [-0.25, -0.2) is 0 Å². The molecule has 1 spiro atoms. The van der Waals surface area contributed by atoms with Crippen LogP contribution in [-0.4, -0.2) is 42.6 Å². The van der Waals surface area contributed by atoms with Crippen molar-refractivity contribution in [3.63, 3.8) is 0 Å². The first-order valence-electron chi connectivity index (χ1n) is 7.08. The van der Waals surface area contributed by atoms with E-state index in [1.807, 2.05) is 6.07 Å². The van der Waals surface area contributed by atoms with Crippen molar-refractivity contribution >= 4 is 27.6 Å². The summed E-state index contributed by atoms with van der Waals surface area (Å²) in [6.07, 6.45) is 2.20. The largest absolute Gasteiger partial charge is 0.369 e. The maximum Gasteiger partial charge on any atom is 0.196 e. The fourth-order valence-corrected chi connectivity index (χ4v) is 3.78. The van der Waals surface area contributed by atoms with Crippen molar-refractivity contribution in [3.8, 4) is 0 Å². The first-order chi connectivity index (χ1) is 9.52. The van der Waals surface area contributed by atoms with Crippen LogP contribution in [0.25, 0.3) is 0 Å². The third-order valence-electron chi connectivity index (χ3n) is 4.66. The monoisotopic (exact) mass is 336 g/mol. The summed E-state index contributed by atoms with van der Waals surface area (Å²) < 4.78 is 1.07. The van der Waals surface area contributed by atoms with Gasteiger partial charge in [-0.2, -0.15) is 0 Å². The number of piperidine rings is 1. The summed E-state index contributed by atoms with van der Waals surface area (Å²) >= 11 is 3.55. The predicted octanol–water partition coefficient (Wildman–Crippen LogP) is 2.44. The van der Waals surface area contributed by atoms with Gasteiger partial charge in [0.15, 0.2) is 5.96 Å². The lowest BCUT2D eigenvalue weighted by atomic mass is 9.82. The summed E-state index contributed by atoms with van der Waals surface area (Å²) in [7, 11) is 2.19. The number of benzene rings is 1. The van der Waals surface area contributed by atoms with Crippen LogP contribution in [0.4, 0.5) is 5.69 Å². The number of guanidine groups is 1. The molecule has 20 heavy (non-hydrogen) atoms. The maximum absolute atomic E-state index is 6.19. The number of nitrogens with zero attached hydrogens (tertiary/aromatic N) is 3. The minimum Gasteiger partial charge on any atom is -0.369 e. The molecule has 5 heteroatoms. The van der Waals surface area contributed by atoms with Gasteiger partial charge in [-0.1, -0.05) is 22.0 Å². The van der Waals surface area contributed by atoms with Crippen LogP contribution < -0.4 is 10.6 Å². The lowest BCUT2D eigenvalue weighted by molar-refractivity contribution is 0.141. The number of hydrogen-bond acceptors (Lipinski definition) is 4. The molecule has 2 atom stereocenters. The molecule has 0 aromatic heterocycles. The van der Waals surface area contributed by atoms with Gasteiger partial charge in [-0.05, 0) is 45.0 Å². The summed E-state index contributed by atoms with van der Waals surface area (Å²) in [6.45, 7) is 4.19. The average Bonchev–Trinajstić information content (AvgIpc) is 2.72. The molecule has 2 heterocycles. The van der Waals surface area contributed by atoms with E-state index in [4.69, 9.17) is 5.73 Å². The minimum atomic E-state index is 0.0524. The Morgan fingerprint density at radius 2 is 2.25 bits per heavy atom. The van der Waals surface area contributed by atoms with Crippen molar-refractivity contribution in [2.45, 2.75) is 31.3 Å². The van der Waals surface area contributed by atoms with E-state index in [0.717, 1.165) is 36.1 Å². The lowest BCUT2D eigenvalue weighted by Gasteiger charge is -2.47. The van der Waals surface area contributed by atoms with E-state index >= 15 is 0 Å². The van der Waals surface area contributed by atoms with Gasteiger partial charge in [0.25, 0.3) is 0 Å². The Balaban J connectivity index is 1.96. The Labute approximate surface area is 128 Å².